The van der Waals surface area contributed by atoms with Gasteiger partial charge in [0, 0.05) is 36.2 Å². The first-order valence-corrected chi connectivity index (χ1v) is 6.54. The van der Waals surface area contributed by atoms with Gasteiger partial charge in [0.25, 0.3) is 0 Å². The highest BCUT2D eigenvalue weighted by Crippen LogP contribution is 2.31. The molecule has 1 aromatic carbocycles. The molecule has 0 amide bonds. The maximum absolute atomic E-state index is 13.9. The predicted octanol–water partition coefficient (Wildman–Crippen LogP) is 2.72. The topological polar surface area (TPSA) is 15.3 Å². The van der Waals surface area contributed by atoms with E-state index in [9.17, 15) is 4.39 Å². The first-order valence-electron chi connectivity index (χ1n) is 5.75. The molecule has 1 aliphatic heterocycles. The predicted molar refractivity (Wildman–Crippen MR) is 71.5 cm³/mol. The maximum atomic E-state index is 13.9. The quantitative estimate of drug-likeness (QED) is 0.863. The monoisotopic (exact) mass is 298 g/mol. The Balaban J connectivity index is 2.31. The summed E-state index contributed by atoms with van der Waals surface area (Å²) in [6.45, 7) is 7.56. The lowest BCUT2D eigenvalue weighted by atomic mass is 10.0. The van der Waals surface area contributed by atoms with Crippen molar-refractivity contribution in [1.29, 1.82) is 0 Å². The Kier molecular flexibility index (Phi) is 4.31. The summed E-state index contributed by atoms with van der Waals surface area (Å²) >= 11 is 3.43. The van der Waals surface area contributed by atoms with Crippen molar-refractivity contribution < 1.29 is 4.39 Å². The van der Waals surface area contributed by atoms with E-state index in [0.29, 0.717) is 5.56 Å². The fraction of sp³-hybridized carbons (Fsp3) is 0.385. The molecule has 1 aliphatic rings. The highest BCUT2D eigenvalue weighted by atomic mass is 79.9. The van der Waals surface area contributed by atoms with Crippen molar-refractivity contribution in [2.24, 2.45) is 0 Å². The zero-order valence-corrected chi connectivity index (χ0v) is 11.2. The van der Waals surface area contributed by atoms with E-state index >= 15 is 0 Å². The molecule has 1 fully saturated rings. The van der Waals surface area contributed by atoms with Gasteiger partial charge in [0.15, 0.2) is 0 Å². The molecule has 1 atom stereocenters. The SMILES string of the molecule is C=C[C@H](c1c(F)cccc1Br)N1CCNCC1. The molecule has 0 aromatic heterocycles. The van der Waals surface area contributed by atoms with Crippen LogP contribution in [0.1, 0.15) is 11.6 Å². The lowest BCUT2D eigenvalue weighted by molar-refractivity contribution is 0.200. The molecule has 0 spiro atoms. The van der Waals surface area contributed by atoms with Gasteiger partial charge in [0.1, 0.15) is 5.82 Å². The van der Waals surface area contributed by atoms with Crippen molar-refractivity contribution >= 4 is 15.9 Å². The Morgan fingerprint density at radius 3 is 2.71 bits per heavy atom. The van der Waals surface area contributed by atoms with Gasteiger partial charge >= 0.3 is 0 Å². The number of rotatable bonds is 3. The third-order valence-electron chi connectivity index (χ3n) is 3.06. The Morgan fingerprint density at radius 2 is 2.12 bits per heavy atom. The van der Waals surface area contributed by atoms with E-state index < -0.39 is 0 Å². The highest BCUT2D eigenvalue weighted by molar-refractivity contribution is 9.10. The second-order valence-corrected chi connectivity index (χ2v) is 4.96. The van der Waals surface area contributed by atoms with Crippen LogP contribution in [0.4, 0.5) is 4.39 Å². The van der Waals surface area contributed by atoms with Crippen molar-refractivity contribution in [1.82, 2.24) is 10.2 Å². The first kappa shape index (κ1) is 12.7. The molecule has 0 saturated carbocycles. The zero-order chi connectivity index (χ0) is 12.3. The maximum Gasteiger partial charge on any atom is 0.129 e. The van der Waals surface area contributed by atoms with E-state index in [0.717, 1.165) is 30.7 Å². The molecule has 0 bridgehead atoms. The van der Waals surface area contributed by atoms with Crippen molar-refractivity contribution in [2.75, 3.05) is 26.2 Å². The van der Waals surface area contributed by atoms with Crippen LogP contribution in [0, 0.1) is 5.82 Å². The molecule has 1 aromatic rings. The number of hydrogen-bond donors (Lipinski definition) is 1. The highest BCUT2D eigenvalue weighted by Gasteiger charge is 2.23. The Labute approximate surface area is 110 Å². The molecule has 92 valence electrons. The van der Waals surface area contributed by atoms with Crippen LogP contribution >= 0.6 is 15.9 Å². The molecular weight excluding hydrogens is 283 g/mol. The van der Waals surface area contributed by atoms with Gasteiger partial charge in [-0.2, -0.15) is 0 Å². The standard InChI is InChI=1S/C13H16BrFN2/c1-2-12(17-8-6-16-7-9-17)13-10(14)4-3-5-11(13)15/h2-5,12,16H,1,6-9H2/t12-/m1/s1. The van der Waals surface area contributed by atoms with Crippen molar-refractivity contribution in [3.8, 4) is 0 Å². The molecule has 17 heavy (non-hydrogen) atoms. The van der Waals surface area contributed by atoms with Gasteiger partial charge in [-0.05, 0) is 12.1 Å². The Hall–Kier alpha value is -0.710. The third kappa shape index (κ3) is 2.76. The zero-order valence-electron chi connectivity index (χ0n) is 9.63. The van der Waals surface area contributed by atoms with Gasteiger partial charge in [-0.3, -0.25) is 4.90 Å². The number of hydrogen-bond acceptors (Lipinski definition) is 2. The lowest BCUT2D eigenvalue weighted by Crippen LogP contribution is -2.44. The van der Waals surface area contributed by atoms with Gasteiger partial charge in [0.2, 0.25) is 0 Å². The largest absolute Gasteiger partial charge is 0.314 e. The molecular formula is C13H16BrFN2. The molecule has 1 saturated heterocycles. The van der Waals surface area contributed by atoms with E-state index in [1.165, 1.54) is 6.07 Å². The van der Waals surface area contributed by atoms with Gasteiger partial charge in [-0.25, -0.2) is 4.39 Å². The number of nitrogens with one attached hydrogen (secondary N) is 1. The average Bonchev–Trinajstić information content (AvgIpc) is 2.35. The lowest BCUT2D eigenvalue weighted by Gasteiger charge is -2.34. The van der Waals surface area contributed by atoms with Gasteiger partial charge in [-0.15, -0.1) is 6.58 Å². The molecule has 0 aliphatic carbocycles. The molecule has 2 nitrogen and oxygen atoms in total. The van der Waals surface area contributed by atoms with E-state index in [4.69, 9.17) is 0 Å². The van der Waals surface area contributed by atoms with E-state index in [1.54, 1.807) is 6.07 Å². The van der Waals surface area contributed by atoms with E-state index in [-0.39, 0.29) is 11.9 Å². The van der Waals surface area contributed by atoms with Crippen LogP contribution in [0.5, 0.6) is 0 Å². The summed E-state index contributed by atoms with van der Waals surface area (Å²) in [6, 6.07) is 5.02. The Morgan fingerprint density at radius 1 is 1.41 bits per heavy atom. The Bertz CT molecular complexity index is 382. The fourth-order valence-electron chi connectivity index (χ4n) is 2.20. The molecule has 4 heteroatoms. The summed E-state index contributed by atoms with van der Waals surface area (Å²) in [5.74, 6) is -0.178. The fourth-order valence-corrected chi connectivity index (χ4v) is 2.78. The second kappa shape index (κ2) is 5.76. The van der Waals surface area contributed by atoms with E-state index in [2.05, 4.69) is 32.7 Å². The molecule has 0 unspecified atom stereocenters. The first-order chi connectivity index (χ1) is 8.24. The number of piperazine rings is 1. The number of nitrogens with zero attached hydrogens (tertiary/aromatic N) is 1. The van der Waals surface area contributed by atoms with Crippen molar-refractivity contribution in [3.63, 3.8) is 0 Å². The summed E-state index contributed by atoms with van der Waals surface area (Å²) in [5.41, 5.74) is 0.685. The summed E-state index contributed by atoms with van der Waals surface area (Å²) in [5, 5.41) is 3.29. The number of benzene rings is 1. The van der Waals surface area contributed by atoms with Crippen molar-refractivity contribution in [3.05, 3.63) is 46.7 Å². The van der Waals surface area contributed by atoms with Gasteiger partial charge < -0.3 is 5.32 Å². The molecule has 1 N–H and O–H groups in total. The molecule has 0 radical (unpaired) electrons. The molecule has 1 heterocycles. The minimum Gasteiger partial charge on any atom is -0.314 e. The summed E-state index contributed by atoms with van der Waals surface area (Å²) in [4.78, 5) is 2.24. The van der Waals surface area contributed by atoms with Crippen LogP contribution in [0.2, 0.25) is 0 Å². The van der Waals surface area contributed by atoms with Crippen LogP contribution in [-0.4, -0.2) is 31.1 Å². The summed E-state index contributed by atoms with van der Waals surface area (Å²) in [6.07, 6.45) is 1.81. The van der Waals surface area contributed by atoms with Crippen LogP contribution in [-0.2, 0) is 0 Å². The van der Waals surface area contributed by atoms with Crippen molar-refractivity contribution in [2.45, 2.75) is 6.04 Å². The minimum absolute atomic E-state index is 0.0623. The normalized spacial score (nSPS) is 18.9. The number of halogens is 2. The average molecular weight is 299 g/mol. The van der Waals surface area contributed by atoms with Crippen LogP contribution in [0.25, 0.3) is 0 Å². The van der Waals surface area contributed by atoms with Crippen LogP contribution in [0.15, 0.2) is 35.3 Å². The summed E-state index contributed by atoms with van der Waals surface area (Å²) < 4.78 is 14.7. The van der Waals surface area contributed by atoms with Crippen LogP contribution < -0.4 is 5.32 Å². The summed E-state index contributed by atoms with van der Waals surface area (Å²) in [7, 11) is 0. The minimum atomic E-state index is -0.178. The smallest absolute Gasteiger partial charge is 0.129 e. The van der Waals surface area contributed by atoms with Gasteiger partial charge in [-0.1, -0.05) is 28.1 Å². The van der Waals surface area contributed by atoms with Crippen LogP contribution in [0.3, 0.4) is 0 Å². The second-order valence-electron chi connectivity index (χ2n) is 4.10. The van der Waals surface area contributed by atoms with Gasteiger partial charge in [0.05, 0.1) is 6.04 Å². The van der Waals surface area contributed by atoms with E-state index in [1.807, 2.05) is 12.1 Å². The third-order valence-corrected chi connectivity index (χ3v) is 3.76. The molecule has 2 rings (SSSR count).